The van der Waals surface area contributed by atoms with E-state index in [4.69, 9.17) is 0 Å². The average molecular weight is 384 g/mol. The summed E-state index contributed by atoms with van der Waals surface area (Å²) in [6, 6.07) is 6.80. The standard InChI is InChI=1S/C21H28N4O3/c1-22(2)16-10-8-15(9-11-16)19(26)23-12-13-24-18(14-23)20(27)25(21(24)28)17-6-4-3-5-7-17/h8-11,17-18H,3-7,12-14H2,1-2H3. The number of benzene rings is 1. The topological polar surface area (TPSA) is 64.2 Å². The molecule has 0 aromatic heterocycles. The van der Waals surface area contributed by atoms with Crippen LogP contribution >= 0.6 is 0 Å². The van der Waals surface area contributed by atoms with E-state index < -0.39 is 6.04 Å². The van der Waals surface area contributed by atoms with Gasteiger partial charge in [-0.3, -0.25) is 14.5 Å². The molecule has 7 nitrogen and oxygen atoms in total. The van der Waals surface area contributed by atoms with Gasteiger partial charge in [0.25, 0.3) is 11.8 Å². The summed E-state index contributed by atoms with van der Waals surface area (Å²) in [5, 5.41) is 0. The fourth-order valence-corrected chi connectivity index (χ4v) is 4.56. The number of fused-ring (bicyclic) bond motifs is 1. The zero-order valence-electron chi connectivity index (χ0n) is 16.6. The number of anilines is 1. The van der Waals surface area contributed by atoms with Crippen molar-refractivity contribution in [2.75, 3.05) is 38.6 Å². The number of nitrogens with zero attached hydrogens (tertiary/aromatic N) is 4. The first-order chi connectivity index (χ1) is 13.5. The third kappa shape index (κ3) is 3.23. The van der Waals surface area contributed by atoms with Crippen LogP contribution in [0.5, 0.6) is 0 Å². The number of carbonyl (C=O) groups excluding carboxylic acids is 3. The Morgan fingerprint density at radius 3 is 2.32 bits per heavy atom. The van der Waals surface area contributed by atoms with Gasteiger partial charge in [-0.05, 0) is 37.1 Å². The Labute approximate surface area is 165 Å². The van der Waals surface area contributed by atoms with E-state index in [9.17, 15) is 14.4 Å². The molecule has 0 N–H and O–H groups in total. The van der Waals surface area contributed by atoms with E-state index >= 15 is 0 Å². The molecule has 0 spiro atoms. The minimum Gasteiger partial charge on any atom is -0.378 e. The Balaban J connectivity index is 1.47. The molecule has 4 rings (SSSR count). The van der Waals surface area contributed by atoms with Crippen LogP contribution in [-0.4, -0.2) is 78.4 Å². The third-order valence-electron chi connectivity index (χ3n) is 6.21. The van der Waals surface area contributed by atoms with E-state index in [2.05, 4.69) is 0 Å². The Morgan fingerprint density at radius 2 is 1.68 bits per heavy atom. The molecule has 3 fully saturated rings. The largest absolute Gasteiger partial charge is 0.378 e. The highest BCUT2D eigenvalue weighted by molar-refractivity contribution is 6.05. The highest BCUT2D eigenvalue weighted by Crippen LogP contribution is 2.30. The average Bonchev–Trinajstić information content (AvgIpc) is 2.98. The maximum absolute atomic E-state index is 13.0. The smallest absolute Gasteiger partial charge is 0.327 e. The monoisotopic (exact) mass is 384 g/mol. The molecule has 1 aromatic carbocycles. The van der Waals surface area contributed by atoms with Crippen LogP contribution in [0, 0.1) is 0 Å². The van der Waals surface area contributed by atoms with Crippen molar-refractivity contribution in [3.8, 4) is 0 Å². The zero-order chi connectivity index (χ0) is 19.8. The second kappa shape index (κ2) is 7.45. The van der Waals surface area contributed by atoms with Gasteiger partial charge >= 0.3 is 6.03 Å². The normalized spacial score (nSPS) is 23.2. The van der Waals surface area contributed by atoms with Crippen molar-refractivity contribution < 1.29 is 14.4 Å². The van der Waals surface area contributed by atoms with Gasteiger partial charge in [0.15, 0.2) is 0 Å². The van der Waals surface area contributed by atoms with Gasteiger partial charge in [0, 0.05) is 44.5 Å². The van der Waals surface area contributed by atoms with Crippen LogP contribution in [0.25, 0.3) is 0 Å². The molecule has 2 saturated heterocycles. The summed E-state index contributed by atoms with van der Waals surface area (Å²) in [7, 11) is 3.91. The molecular weight excluding hydrogens is 356 g/mol. The molecule has 0 bridgehead atoms. The Hall–Kier alpha value is -2.57. The molecule has 28 heavy (non-hydrogen) atoms. The van der Waals surface area contributed by atoms with E-state index in [0.717, 1.165) is 31.4 Å². The summed E-state index contributed by atoms with van der Waals surface area (Å²) in [6.45, 7) is 1.16. The SMILES string of the molecule is CN(C)c1ccc(C(=O)N2CCN3C(=O)N(C4CCCCC4)C(=O)C3C2)cc1. The van der Waals surface area contributed by atoms with Crippen molar-refractivity contribution in [1.82, 2.24) is 14.7 Å². The van der Waals surface area contributed by atoms with Gasteiger partial charge in [0.1, 0.15) is 6.04 Å². The Kier molecular flexibility index (Phi) is 5.00. The Bertz CT molecular complexity index is 770. The second-order valence-electron chi connectivity index (χ2n) is 8.18. The molecule has 1 aliphatic carbocycles. The van der Waals surface area contributed by atoms with Crippen LogP contribution in [0.4, 0.5) is 10.5 Å². The van der Waals surface area contributed by atoms with Crippen molar-refractivity contribution in [2.24, 2.45) is 0 Å². The lowest BCUT2D eigenvalue weighted by Crippen LogP contribution is -2.54. The molecule has 1 atom stereocenters. The summed E-state index contributed by atoms with van der Waals surface area (Å²) < 4.78 is 0. The summed E-state index contributed by atoms with van der Waals surface area (Å²) >= 11 is 0. The number of hydrogen-bond acceptors (Lipinski definition) is 4. The molecule has 1 unspecified atom stereocenters. The zero-order valence-corrected chi connectivity index (χ0v) is 16.6. The molecule has 2 aliphatic heterocycles. The highest BCUT2D eigenvalue weighted by Gasteiger charge is 2.50. The van der Waals surface area contributed by atoms with Crippen molar-refractivity contribution >= 4 is 23.5 Å². The van der Waals surface area contributed by atoms with Gasteiger partial charge in [-0.25, -0.2) is 4.79 Å². The first-order valence-electron chi connectivity index (χ1n) is 10.2. The number of carbonyl (C=O) groups is 3. The van der Waals surface area contributed by atoms with E-state index in [0.29, 0.717) is 18.7 Å². The minimum absolute atomic E-state index is 0.0297. The van der Waals surface area contributed by atoms with Crippen molar-refractivity contribution in [3.63, 3.8) is 0 Å². The van der Waals surface area contributed by atoms with Crippen LogP contribution in [0.15, 0.2) is 24.3 Å². The van der Waals surface area contributed by atoms with Crippen molar-refractivity contribution in [1.29, 1.82) is 0 Å². The minimum atomic E-state index is -0.534. The third-order valence-corrected chi connectivity index (χ3v) is 6.21. The summed E-state index contributed by atoms with van der Waals surface area (Å²) in [5.74, 6) is -0.210. The van der Waals surface area contributed by atoms with E-state index in [-0.39, 0.29) is 30.4 Å². The predicted molar refractivity (Wildman–Crippen MR) is 106 cm³/mol. The molecule has 7 heteroatoms. The van der Waals surface area contributed by atoms with Gasteiger partial charge in [-0.15, -0.1) is 0 Å². The lowest BCUT2D eigenvalue weighted by atomic mass is 9.94. The first kappa shape index (κ1) is 18.8. The van der Waals surface area contributed by atoms with Crippen molar-refractivity contribution in [3.05, 3.63) is 29.8 Å². The summed E-state index contributed by atoms with van der Waals surface area (Å²) in [4.78, 5) is 45.6. The van der Waals surface area contributed by atoms with Crippen LogP contribution in [0.1, 0.15) is 42.5 Å². The number of amides is 4. The number of urea groups is 1. The maximum Gasteiger partial charge on any atom is 0.327 e. The quantitative estimate of drug-likeness (QED) is 0.750. The molecule has 150 valence electrons. The van der Waals surface area contributed by atoms with E-state index in [1.54, 1.807) is 9.80 Å². The molecular formula is C21H28N4O3. The molecule has 4 amide bonds. The molecule has 2 heterocycles. The number of piperazine rings is 1. The molecule has 0 radical (unpaired) electrons. The lowest BCUT2D eigenvalue weighted by molar-refractivity contribution is -0.131. The van der Waals surface area contributed by atoms with E-state index in [1.807, 2.05) is 43.3 Å². The first-order valence-corrected chi connectivity index (χ1v) is 10.2. The second-order valence-corrected chi connectivity index (χ2v) is 8.18. The van der Waals surface area contributed by atoms with Gasteiger partial charge in [-0.2, -0.15) is 0 Å². The molecule has 1 aromatic rings. The van der Waals surface area contributed by atoms with Crippen LogP contribution in [0.3, 0.4) is 0 Å². The number of hydrogen-bond donors (Lipinski definition) is 0. The summed E-state index contributed by atoms with van der Waals surface area (Å²) in [5.41, 5.74) is 1.64. The van der Waals surface area contributed by atoms with Crippen LogP contribution in [0.2, 0.25) is 0 Å². The van der Waals surface area contributed by atoms with Crippen molar-refractivity contribution in [2.45, 2.75) is 44.2 Å². The van der Waals surface area contributed by atoms with Gasteiger partial charge in [0.05, 0.1) is 6.54 Å². The number of imide groups is 1. The van der Waals surface area contributed by atoms with Gasteiger partial charge < -0.3 is 14.7 Å². The predicted octanol–water partition coefficient (Wildman–Crippen LogP) is 2.17. The molecule has 1 saturated carbocycles. The van der Waals surface area contributed by atoms with Crippen LogP contribution in [-0.2, 0) is 4.79 Å². The highest BCUT2D eigenvalue weighted by atomic mass is 16.2. The summed E-state index contributed by atoms with van der Waals surface area (Å²) in [6.07, 6.45) is 5.12. The van der Waals surface area contributed by atoms with E-state index in [1.165, 1.54) is 11.3 Å². The molecule has 3 aliphatic rings. The van der Waals surface area contributed by atoms with Crippen LogP contribution < -0.4 is 4.90 Å². The van der Waals surface area contributed by atoms with Gasteiger partial charge in [0.2, 0.25) is 0 Å². The Morgan fingerprint density at radius 1 is 1.00 bits per heavy atom. The lowest BCUT2D eigenvalue weighted by Gasteiger charge is -2.35. The fraction of sp³-hybridized carbons (Fsp3) is 0.571. The maximum atomic E-state index is 13.0. The van der Waals surface area contributed by atoms with Gasteiger partial charge in [-0.1, -0.05) is 19.3 Å². The fourth-order valence-electron chi connectivity index (χ4n) is 4.56. The number of rotatable bonds is 3.